The molecule has 11 heteroatoms. The Morgan fingerprint density at radius 1 is 1.57 bits per heavy atom. The third-order valence-electron chi connectivity index (χ3n) is 2.86. The smallest absolute Gasteiger partial charge is 0.358 e. The van der Waals surface area contributed by atoms with Crippen LogP contribution in [0.3, 0.4) is 0 Å². The van der Waals surface area contributed by atoms with Crippen LogP contribution in [0.25, 0.3) is 0 Å². The molecule has 114 valence electrons. The molecule has 1 aromatic rings. The molecule has 0 bridgehead atoms. The van der Waals surface area contributed by atoms with Crippen LogP contribution in [0.4, 0.5) is 5.82 Å². The molecule has 2 rings (SSSR count). The summed E-state index contributed by atoms with van der Waals surface area (Å²) >= 11 is 3.00. The van der Waals surface area contributed by atoms with E-state index >= 15 is 0 Å². The summed E-state index contributed by atoms with van der Waals surface area (Å²) in [7, 11) is -3.71. The Kier molecular flexibility index (Phi) is 4.25. The number of nitrogens with zero attached hydrogens (tertiary/aromatic N) is 3. The van der Waals surface area contributed by atoms with Crippen LogP contribution >= 0.6 is 15.9 Å². The minimum atomic E-state index is -3.71. The average Bonchev–Trinajstić information content (AvgIpc) is 2.67. The number of aromatic nitrogens is 2. The van der Waals surface area contributed by atoms with E-state index in [0.717, 1.165) is 4.90 Å². The molecule has 3 N–H and O–H groups in total. The molecule has 1 aliphatic rings. The highest BCUT2D eigenvalue weighted by Crippen LogP contribution is 2.27. The standard InChI is InChI=1S/C10H11BrN4O5S/c11-6-2-13-9(8(14-6)10(17)18)15-3-5(1-7(15)16)4-21(12,19)20/h2,5H,1,3-4H2,(H,17,18)(H2,12,19,20). The lowest BCUT2D eigenvalue weighted by Crippen LogP contribution is -2.30. The molecule has 0 spiro atoms. The van der Waals surface area contributed by atoms with Gasteiger partial charge in [0.05, 0.1) is 11.9 Å². The van der Waals surface area contributed by atoms with Gasteiger partial charge in [-0.3, -0.25) is 9.69 Å². The van der Waals surface area contributed by atoms with E-state index in [9.17, 15) is 18.0 Å². The molecule has 2 heterocycles. The molecule has 1 unspecified atom stereocenters. The van der Waals surface area contributed by atoms with Crippen molar-refractivity contribution in [3.63, 3.8) is 0 Å². The number of carbonyl (C=O) groups excluding carboxylic acids is 1. The van der Waals surface area contributed by atoms with Crippen LogP contribution in [0, 0.1) is 5.92 Å². The van der Waals surface area contributed by atoms with Crippen molar-refractivity contribution in [3.05, 3.63) is 16.5 Å². The molecular formula is C10H11BrN4O5S. The van der Waals surface area contributed by atoms with Crippen molar-refractivity contribution in [2.24, 2.45) is 11.1 Å². The zero-order valence-electron chi connectivity index (χ0n) is 10.6. The number of nitrogens with two attached hydrogens (primary N) is 1. The van der Waals surface area contributed by atoms with Crippen LogP contribution in [0.1, 0.15) is 16.9 Å². The van der Waals surface area contributed by atoms with E-state index < -0.39 is 27.8 Å². The number of carboxylic acid groups (broad SMARTS) is 1. The van der Waals surface area contributed by atoms with E-state index in [4.69, 9.17) is 10.2 Å². The van der Waals surface area contributed by atoms with Crippen molar-refractivity contribution in [2.45, 2.75) is 6.42 Å². The Morgan fingerprint density at radius 2 is 2.24 bits per heavy atom. The molecule has 21 heavy (non-hydrogen) atoms. The molecule has 1 atom stereocenters. The second kappa shape index (κ2) is 5.66. The van der Waals surface area contributed by atoms with E-state index in [1.807, 2.05) is 0 Å². The molecule has 0 radical (unpaired) electrons. The van der Waals surface area contributed by atoms with Crippen molar-refractivity contribution in [2.75, 3.05) is 17.2 Å². The summed E-state index contributed by atoms with van der Waals surface area (Å²) in [5.74, 6) is -2.70. The van der Waals surface area contributed by atoms with Crippen molar-refractivity contribution in [1.82, 2.24) is 9.97 Å². The maximum Gasteiger partial charge on any atom is 0.358 e. The van der Waals surface area contributed by atoms with Gasteiger partial charge in [-0.25, -0.2) is 28.3 Å². The van der Waals surface area contributed by atoms with Gasteiger partial charge >= 0.3 is 5.97 Å². The Balaban J connectivity index is 2.31. The van der Waals surface area contributed by atoms with E-state index in [1.165, 1.54) is 6.20 Å². The second-order valence-electron chi connectivity index (χ2n) is 4.57. The number of anilines is 1. The predicted molar refractivity (Wildman–Crippen MR) is 75.1 cm³/mol. The number of hydrogen-bond donors (Lipinski definition) is 2. The predicted octanol–water partition coefficient (Wildman–Crippen LogP) is -0.421. The fraction of sp³-hybridized carbons (Fsp3) is 0.400. The van der Waals surface area contributed by atoms with E-state index in [0.29, 0.717) is 0 Å². The fourth-order valence-electron chi connectivity index (χ4n) is 2.13. The molecule has 1 amide bonds. The Morgan fingerprint density at radius 3 is 2.81 bits per heavy atom. The zero-order valence-corrected chi connectivity index (χ0v) is 13.0. The van der Waals surface area contributed by atoms with Gasteiger partial charge < -0.3 is 5.11 Å². The topological polar surface area (TPSA) is 144 Å². The number of amides is 1. The average molecular weight is 379 g/mol. The highest BCUT2D eigenvalue weighted by molar-refractivity contribution is 9.10. The second-order valence-corrected chi connectivity index (χ2v) is 7.05. The lowest BCUT2D eigenvalue weighted by Gasteiger charge is -2.16. The first-order valence-corrected chi connectivity index (χ1v) is 8.25. The van der Waals surface area contributed by atoms with Gasteiger partial charge in [0, 0.05) is 18.9 Å². The monoisotopic (exact) mass is 378 g/mol. The minimum Gasteiger partial charge on any atom is -0.476 e. The summed E-state index contributed by atoms with van der Waals surface area (Å²) in [5, 5.41) is 14.1. The highest BCUT2D eigenvalue weighted by Gasteiger charge is 2.35. The van der Waals surface area contributed by atoms with Crippen molar-refractivity contribution >= 4 is 43.6 Å². The van der Waals surface area contributed by atoms with Gasteiger partial charge in [-0.15, -0.1) is 0 Å². The molecule has 9 nitrogen and oxygen atoms in total. The number of primary sulfonamides is 1. The van der Waals surface area contributed by atoms with Gasteiger partial charge in [-0.1, -0.05) is 0 Å². The SMILES string of the molecule is NS(=O)(=O)CC1CC(=O)N(c2ncc(Br)nc2C(=O)O)C1. The first-order chi connectivity index (χ1) is 9.67. The van der Waals surface area contributed by atoms with Crippen LogP contribution < -0.4 is 10.0 Å². The van der Waals surface area contributed by atoms with Gasteiger partial charge in [-0.05, 0) is 15.9 Å². The number of carboxylic acids is 1. The summed E-state index contributed by atoms with van der Waals surface area (Å²) in [5.41, 5.74) is -0.381. The van der Waals surface area contributed by atoms with Crippen molar-refractivity contribution in [1.29, 1.82) is 0 Å². The molecule has 0 aromatic carbocycles. The van der Waals surface area contributed by atoms with Gasteiger partial charge in [0.1, 0.15) is 4.60 Å². The highest BCUT2D eigenvalue weighted by atomic mass is 79.9. The Hall–Kier alpha value is -1.59. The Bertz CT molecular complexity index is 707. The van der Waals surface area contributed by atoms with Crippen LogP contribution in [0.5, 0.6) is 0 Å². The van der Waals surface area contributed by atoms with Gasteiger partial charge in [0.25, 0.3) is 0 Å². The lowest BCUT2D eigenvalue weighted by atomic mass is 10.1. The Labute approximate surface area is 128 Å². The first-order valence-electron chi connectivity index (χ1n) is 5.74. The summed E-state index contributed by atoms with van der Waals surface area (Å²) in [6.45, 7) is 0.0336. The summed E-state index contributed by atoms with van der Waals surface area (Å²) < 4.78 is 22.4. The molecule has 0 saturated carbocycles. The number of carbonyl (C=O) groups is 2. The summed E-state index contributed by atoms with van der Waals surface area (Å²) in [6, 6.07) is 0. The molecule has 1 aromatic heterocycles. The van der Waals surface area contributed by atoms with Gasteiger partial charge in [-0.2, -0.15) is 0 Å². The maximum absolute atomic E-state index is 11.9. The normalized spacial score (nSPS) is 19.0. The van der Waals surface area contributed by atoms with Crippen LogP contribution in [-0.4, -0.2) is 47.7 Å². The summed E-state index contributed by atoms with van der Waals surface area (Å²) in [4.78, 5) is 31.9. The molecule has 1 fully saturated rings. The number of aromatic carboxylic acids is 1. The number of sulfonamides is 1. The van der Waals surface area contributed by atoms with Crippen LogP contribution in [0.2, 0.25) is 0 Å². The first kappa shape index (κ1) is 15.8. The van der Waals surface area contributed by atoms with Crippen molar-refractivity contribution < 1.29 is 23.1 Å². The maximum atomic E-state index is 11.9. The fourth-order valence-corrected chi connectivity index (χ4v) is 3.29. The van der Waals surface area contributed by atoms with Crippen molar-refractivity contribution in [3.8, 4) is 0 Å². The zero-order chi connectivity index (χ0) is 15.8. The lowest BCUT2D eigenvalue weighted by molar-refractivity contribution is -0.117. The molecule has 1 aliphatic heterocycles. The minimum absolute atomic E-state index is 0.0336. The molecule has 0 aliphatic carbocycles. The molecular weight excluding hydrogens is 368 g/mol. The third-order valence-corrected chi connectivity index (χ3v) is 4.17. The quantitative estimate of drug-likeness (QED) is 0.723. The largest absolute Gasteiger partial charge is 0.476 e. The van der Waals surface area contributed by atoms with Crippen LogP contribution in [0.15, 0.2) is 10.8 Å². The summed E-state index contributed by atoms with van der Waals surface area (Å²) in [6.07, 6.45) is 1.23. The van der Waals surface area contributed by atoms with E-state index in [-0.39, 0.29) is 34.8 Å². The van der Waals surface area contributed by atoms with Gasteiger partial charge in [0.15, 0.2) is 11.5 Å². The van der Waals surface area contributed by atoms with Gasteiger partial charge in [0.2, 0.25) is 15.9 Å². The third kappa shape index (κ3) is 3.74. The van der Waals surface area contributed by atoms with Crippen LogP contribution in [-0.2, 0) is 14.8 Å². The van der Waals surface area contributed by atoms with E-state index in [2.05, 4.69) is 25.9 Å². The number of rotatable bonds is 4. The van der Waals surface area contributed by atoms with E-state index in [1.54, 1.807) is 0 Å². The molecule has 1 saturated heterocycles. The number of halogens is 1. The number of hydrogen-bond acceptors (Lipinski definition) is 6.